The number of hydrogen-bond donors (Lipinski definition) is 2. The minimum absolute atomic E-state index is 0.244. The van der Waals surface area contributed by atoms with Crippen LogP contribution in [0.4, 0.5) is 5.69 Å². The number of hydrogen-bond acceptors (Lipinski definition) is 2. The summed E-state index contributed by atoms with van der Waals surface area (Å²) >= 11 is 0. The molecule has 2 rings (SSSR count). The average molecular weight is 241 g/mol. The van der Waals surface area contributed by atoms with E-state index in [2.05, 4.69) is 54.3 Å². The molecular formula is C15H19N3. The molecule has 0 aliphatic heterocycles. The Morgan fingerprint density at radius 1 is 1.17 bits per heavy atom. The van der Waals surface area contributed by atoms with Gasteiger partial charge in [0.05, 0.1) is 5.84 Å². The van der Waals surface area contributed by atoms with E-state index in [0.717, 1.165) is 13.1 Å². The Kier molecular flexibility index (Phi) is 3.82. The molecule has 0 amide bonds. The van der Waals surface area contributed by atoms with Crippen LogP contribution in [0.5, 0.6) is 0 Å². The van der Waals surface area contributed by atoms with E-state index in [0.29, 0.717) is 6.42 Å². The Balaban J connectivity index is 2.35. The number of anilines is 1. The number of benzene rings is 2. The predicted molar refractivity (Wildman–Crippen MR) is 78.4 cm³/mol. The van der Waals surface area contributed by atoms with E-state index in [9.17, 15) is 0 Å². The fraction of sp³-hybridized carbons (Fsp3) is 0.267. The summed E-state index contributed by atoms with van der Waals surface area (Å²) in [6.07, 6.45) is 0.608. The van der Waals surface area contributed by atoms with Crippen LogP contribution in [0.15, 0.2) is 42.5 Å². The molecule has 2 aromatic rings. The number of nitrogens with one attached hydrogen (secondary N) is 1. The largest absolute Gasteiger partial charge is 0.388 e. The minimum Gasteiger partial charge on any atom is -0.388 e. The third-order valence-corrected chi connectivity index (χ3v) is 3.14. The second-order valence-electron chi connectivity index (χ2n) is 4.35. The van der Waals surface area contributed by atoms with Gasteiger partial charge in [-0.1, -0.05) is 36.4 Å². The first-order valence-corrected chi connectivity index (χ1v) is 6.28. The van der Waals surface area contributed by atoms with Crippen molar-refractivity contribution in [2.45, 2.75) is 13.3 Å². The monoisotopic (exact) mass is 241 g/mol. The Hall–Kier alpha value is -2.03. The van der Waals surface area contributed by atoms with Gasteiger partial charge in [-0.25, -0.2) is 0 Å². The smallest absolute Gasteiger partial charge is 0.0923 e. The maximum absolute atomic E-state index is 7.34. The highest BCUT2D eigenvalue weighted by atomic mass is 15.1. The van der Waals surface area contributed by atoms with Gasteiger partial charge in [0.25, 0.3) is 0 Å². The SMILES string of the molecule is CCN(CCC(=N)N)c1cccc2ccccc12. The normalized spacial score (nSPS) is 10.5. The lowest BCUT2D eigenvalue weighted by molar-refractivity contribution is 0.835. The molecule has 0 aromatic heterocycles. The molecule has 0 spiro atoms. The molecular weight excluding hydrogens is 222 g/mol. The van der Waals surface area contributed by atoms with Crippen LogP contribution in [0.1, 0.15) is 13.3 Å². The van der Waals surface area contributed by atoms with Crippen LogP contribution < -0.4 is 10.6 Å². The molecule has 94 valence electrons. The van der Waals surface area contributed by atoms with Crippen molar-refractivity contribution in [2.75, 3.05) is 18.0 Å². The van der Waals surface area contributed by atoms with Crippen LogP contribution in [-0.4, -0.2) is 18.9 Å². The molecule has 0 saturated carbocycles. The molecule has 2 aromatic carbocycles. The van der Waals surface area contributed by atoms with E-state index in [4.69, 9.17) is 11.1 Å². The van der Waals surface area contributed by atoms with E-state index >= 15 is 0 Å². The maximum Gasteiger partial charge on any atom is 0.0923 e. The second kappa shape index (κ2) is 5.54. The highest BCUT2D eigenvalue weighted by molar-refractivity contribution is 5.94. The van der Waals surface area contributed by atoms with E-state index in [-0.39, 0.29) is 5.84 Å². The molecule has 0 unspecified atom stereocenters. The topological polar surface area (TPSA) is 53.1 Å². The first-order chi connectivity index (χ1) is 8.72. The van der Waals surface area contributed by atoms with Crippen molar-refractivity contribution in [1.29, 1.82) is 5.41 Å². The highest BCUT2D eigenvalue weighted by Crippen LogP contribution is 2.26. The molecule has 0 aliphatic carbocycles. The molecule has 0 fully saturated rings. The number of amidine groups is 1. The summed E-state index contributed by atoms with van der Waals surface area (Å²) < 4.78 is 0. The van der Waals surface area contributed by atoms with Gasteiger partial charge in [0.15, 0.2) is 0 Å². The average Bonchev–Trinajstić information content (AvgIpc) is 2.39. The lowest BCUT2D eigenvalue weighted by atomic mass is 10.1. The summed E-state index contributed by atoms with van der Waals surface area (Å²) in [5, 5.41) is 9.84. The third-order valence-electron chi connectivity index (χ3n) is 3.14. The van der Waals surface area contributed by atoms with Crippen molar-refractivity contribution in [2.24, 2.45) is 5.73 Å². The zero-order valence-corrected chi connectivity index (χ0v) is 10.7. The fourth-order valence-corrected chi connectivity index (χ4v) is 2.19. The number of rotatable bonds is 5. The van der Waals surface area contributed by atoms with Gasteiger partial charge < -0.3 is 10.6 Å². The zero-order chi connectivity index (χ0) is 13.0. The van der Waals surface area contributed by atoms with E-state index in [1.165, 1.54) is 16.5 Å². The standard InChI is InChI=1S/C15H19N3/c1-2-18(11-10-15(16)17)14-9-5-7-12-6-3-4-8-13(12)14/h3-9H,2,10-11H2,1H3,(H3,16,17). The van der Waals surface area contributed by atoms with Crippen molar-refractivity contribution < 1.29 is 0 Å². The van der Waals surface area contributed by atoms with Crippen molar-refractivity contribution in [1.82, 2.24) is 0 Å². The van der Waals surface area contributed by atoms with Crippen molar-refractivity contribution >= 4 is 22.3 Å². The second-order valence-corrected chi connectivity index (χ2v) is 4.35. The predicted octanol–water partition coefficient (Wildman–Crippen LogP) is 2.99. The van der Waals surface area contributed by atoms with Gasteiger partial charge >= 0.3 is 0 Å². The maximum atomic E-state index is 7.34. The van der Waals surface area contributed by atoms with Gasteiger partial charge in [-0.15, -0.1) is 0 Å². The molecule has 0 aliphatic rings. The van der Waals surface area contributed by atoms with Crippen LogP contribution >= 0.6 is 0 Å². The van der Waals surface area contributed by atoms with Crippen LogP contribution in [0, 0.1) is 5.41 Å². The zero-order valence-electron chi connectivity index (χ0n) is 10.7. The summed E-state index contributed by atoms with van der Waals surface area (Å²) in [5.74, 6) is 0.244. The lowest BCUT2D eigenvalue weighted by Gasteiger charge is -2.24. The third kappa shape index (κ3) is 2.62. The first kappa shape index (κ1) is 12.4. The molecule has 18 heavy (non-hydrogen) atoms. The van der Waals surface area contributed by atoms with Gasteiger partial charge in [0.2, 0.25) is 0 Å². The van der Waals surface area contributed by atoms with Crippen LogP contribution in [-0.2, 0) is 0 Å². The molecule has 0 heterocycles. The Morgan fingerprint density at radius 2 is 1.89 bits per heavy atom. The lowest BCUT2D eigenvalue weighted by Crippen LogP contribution is -2.27. The molecule has 3 heteroatoms. The molecule has 0 atom stereocenters. The fourth-order valence-electron chi connectivity index (χ4n) is 2.19. The summed E-state index contributed by atoms with van der Waals surface area (Å²) in [7, 11) is 0. The van der Waals surface area contributed by atoms with Crippen molar-refractivity contribution in [3.63, 3.8) is 0 Å². The minimum atomic E-state index is 0.244. The highest BCUT2D eigenvalue weighted by Gasteiger charge is 2.08. The Morgan fingerprint density at radius 3 is 2.61 bits per heavy atom. The quantitative estimate of drug-likeness (QED) is 0.624. The van der Waals surface area contributed by atoms with E-state index in [1.807, 2.05) is 0 Å². The summed E-state index contributed by atoms with van der Waals surface area (Å²) in [5.41, 5.74) is 6.66. The van der Waals surface area contributed by atoms with Crippen molar-refractivity contribution in [3.05, 3.63) is 42.5 Å². The van der Waals surface area contributed by atoms with Gasteiger partial charge in [-0.3, -0.25) is 5.41 Å². The Labute approximate surface area is 108 Å². The van der Waals surface area contributed by atoms with E-state index in [1.54, 1.807) is 0 Å². The number of nitrogens with two attached hydrogens (primary N) is 1. The summed E-state index contributed by atoms with van der Waals surface area (Å²) in [6, 6.07) is 14.7. The Bertz CT molecular complexity index is 543. The van der Waals surface area contributed by atoms with E-state index < -0.39 is 0 Å². The first-order valence-electron chi connectivity index (χ1n) is 6.28. The van der Waals surface area contributed by atoms with Crippen LogP contribution in [0.3, 0.4) is 0 Å². The van der Waals surface area contributed by atoms with Crippen LogP contribution in [0.25, 0.3) is 10.8 Å². The van der Waals surface area contributed by atoms with Gasteiger partial charge in [-0.2, -0.15) is 0 Å². The van der Waals surface area contributed by atoms with Crippen LogP contribution in [0.2, 0.25) is 0 Å². The summed E-state index contributed by atoms with van der Waals surface area (Å²) in [4.78, 5) is 2.27. The number of nitrogens with zero attached hydrogens (tertiary/aromatic N) is 1. The molecule has 0 bridgehead atoms. The molecule has 0 radical (unpaired) electrons. The van der Waals surface area contributed by atoms with Gasteiger partial charge in [0, 0.05) is 30.6 Å². The summed E-state index contributed by atoms with van der Waals surface area (Å²) in [6.45, 7) is 3.84. The molecule has 3 nitrogen and oxygen atoms in total. The molecule has 3 N–H and O–H groups in total. The van der Waals surface area contributed by atoms with Gasteiger partial charge in [-0.05, 0) is 18.4 Å². The molecule has 0 saturated heterocycles. The van der Waals surface area contributed by atoms with Gasteiger partial charge in [0.1, 0.15) is 0 Å². The number of fused-ring (bicyclic) bond motifs is 1. The van der Waals surface area contributed by atoms with Crippen molar-refractivity contribution in [3.8, 4) is 0 Å².